The van der Waals surface area contributed by atoms with Crippen molar-refractivity contribution >= 4 is 11.9 Å². The normalized spacial score (nSPS) is 15.0. The number of benzene rings is 3. The number of rotatable bonds is 2. The van der Waals surface area contributed by atoms with Gasteiger partial charge in [-0.05, 0) is 28.3 Å². The summed E-state index contributed by atoms with van der Waals surface area (Å²) in [7, 11) is 0. The van der Waals surface area contributed by atoms with E-state index in [1.807, 2.05) is 48.5 Å². The first-order valence-electron chi connectivity index (χ1n) is 7.80. The number of hydrogen-bond donors (Lipinski definition) is 0. The van der Waals surface area contributed by atoms with Gasteiger partial charge in [0.25, 0.3) is 0 Å². The Balaban J connectivity index is 1.62. The first-order chi connectivity index (χ1) is 11.3. The molecule has 0 bridgehead atoms. The lowest BCUT2D eigenvalue weighted by Gasteiger charge is -2.02. The second-order valence-electron chi connectivity index (χ2n) is 5.82. The number of hydrogen-bond acceptors (Lipinski definition) is 1. The fourth-order valence-electron chi connectivity index (χ4n) is 3.07. The smallest absolute Gasteiger partial charge is 0.189 e. The molecule has 0 radical (unpaired) electrons. The average Bonchev–Trinajstić information content (AvgIpc) is 2.93. The predicted octanol–water partition coefficient (Wildman–Crippen LogP) is 5.18. The fraction of sp³-hybridized carbons (Fsp3) is 0.0455. The van der Waals surface area contributed by atoms with Crippen LogP contribution in [0, 0.1) is 0 Å². The molecule has 23 heavy (non-hydrogen) atoms. The van der Waals surface area contributed by atoms with Crippen LogP contribution in [0.5, 0.6) is 0 Å². The Labute approximate surface area is 135 Å². The first-order valence-corrected chi connectivity index (χ1v) is 7.80. The third-order valence-electron chi connectivity index (χ3n) is 4.29. The summed E-state index contributed by atoms with van der Waals surface area (Å²) >= 11 is 0. The number of fused-ring (bicyclic) bond motifs is 1. The Hall–Kier alpha value is -2.93. The van der Waals surface area contributed by atoms with E-state index in [2.05, 4.69) is 36.4 Å². The van der Waals surface area contributed by atoms with E-state index in [-0.39, 0.29) is 5.78 Å². The number of carbonyl (C=O) groups excluding carboxylic acids is 1. The Kier molecular flexibility index (Phi) is 3.39. The van der Waals surface area contributed by atoms with E-state index in [0.717, 1.165) is 28.7 Å². The van der Waals surface area contributed by atoms with Gasteiger partial charge in [-0.15, -0.1) is 0 Å². The van der Waals surface area contributed by atoms with Crippen molar-refractivity contribution in [3.05, 3.63) is 101 Å². The molecule has 3 aromatic carbocycles. The molecule has 0 unspecified atom stereocenters. The highest BCUT2D eigenvalue weighted by molar-refractivity contribution is 6.15. The number of allylic oxidation sites excluding steroid dienone is 1. The summed E-state index contributed by atoms with van der Waals surface area (Å²) in [5.74, 6) is 0.160. The van der Waals surface area contributed by atoms with Gasteiger partial charge in [-0.2, -0.15) is 0 Å². The lowest BCUT2D eigenvalue weighted by Crippen LogP contribution is -1.94. The molecule has 0 saturated heterocycles. The summed E-state index contributed by atoms with van der Waals surface area (Å²) in [6.07, 6.45) is 2.74. The van der Waals surface area contributed by atoms with E-state index >= 15 is 0 Å². The Bertz CT molecular complexity index is 887. The van der Waals surface area contributed by atoms with Gasteiger partial charge in [0.15, 0.2) is 5.78 Å². The molecule has 1 heteroatoms. The van der Waals surface area contributed by atoms with Crippen molar-refractivity contribution in [2.24, 2.45) is 0 Å². The van der Waals surface area contributed by atoms with Crippen LogP contribution in [0.25, 0.3) is 17.2 Å². The van der Waals surface area contributed by atoms with Crippen molar-refractivity contribution in [2.75, 3.05) is 0 Å². The van der Waals surface area contributed by atoms with Crippen LogP contribution in [0.1, 0.15) is 21.5 Å². The van der Waals surface area contributed by atoms with E-state index in [9.17, 15) is 4.79 Å². The van der Waals surface area contributed by atoms with Gasteiger partial charge in [-0.25, -0.2) is 0 Å². The molecule has 0 aliphatic heterocycles. The van der Waals surface area contributed by atoms with Crippen molar-refractivity contribution in [1.29, 1.82) is 0 Å². The molecule has 0 N–H and O–H groups in total. The van der Waals surface area contributed by atoms with E-state index in [1.165, 1.54) is 11.1 Å². The van der Waals surface area contributed by atoms with E-state index < -0.39 is 0 Å². The van der Waals surface area contributed by atoms with E-state index in [1.54, 1.807) is 0 Å². The van der Waals surface area contributed by atoms with Crippen LogP contribution >= 0.6 is 0 Å². The molecule has 0 heterocycles. The molecule has 0 atom stereocenters. The summed E-state index contributed by atoms with van der Waals surface area (Å²) in [4.78, 5) is 12.4. The third-order valence-corrected chi connectivity index (χ3v) is 4.29. The van der Waals surface area contributed by atoms with Crippen LogP contribution in [0.4, 0.5) is 0 Å². The molecule has 0 fully saturated rings. The van der Waals surface area contributed by atoms with E-state index in [4.69, 9.17) is 0 Å². The molecular weight excluding hydrogens is 280 g/mol. The standard InChI is InChI=1S/C22H16O/c23-22-20(15-19-8-4-5-9-21(19)22)14-16-10-12-18(13-11-16)17-6-2-1-3-7-17/h1-14H,15H2. The molecule has 0 aromatic heterocycles. The van der Waals surface area contributed by atoms with Crippen molar-refractivity contribution in [2.45, 2.75) is 6.42 Å². The van der Waals surface area contributed by atoms with Gasteiger partial charge in [0.1, 0.15) is 0 Å². The second kappa shape index (κ2) is 5.69. The largest absolute Gasteiger partial charge is 0.289 e. The quantitative estimate of drug-likeness (QED) is 0.596. The van der Waals surface area contributed by atoms with Crippen LogP contribution in [-0.4, -0.2) is 5.78 Å². The monoisotopic (exact) mass is 296 g/mol. The Morgan fingerprint density at radius 1 is 0.696 bits per heavy atom. The Morgan fingerprint density at radius 3 is 2.09 bits per heavy atom. The van der Waals surface area contributed by atoms with Crippen LogP contribution in [-0.2, 0) is 6.42 Å². The minimum Gasteiger partial charge on any atom is -0.289 e. The van der Waals surface area contributed by atoms with Crippen molar-refractivity contribution in [1.82, 2.24) is 0 Å². The summed E-state index contributed by atoms with van der Waals surface area (Å²) in [6.45, 7) is 0. The van der Waals surface area contributed by atoms with Gasteiger partial charge in [-0.3, -0.25) is 4.79 Å². The number of Topliss-reactive ketones (excluding diaryl/α,β-unsaturated/α-hetero) is 1. The van der Waals surface area contributed by atoms with Gasteiger partial charge in [0.2, 0.25) is 0 Å². The average molecular weight is 296 g/mol. The molecule has 0 saturated carbocycles. The zero-order valence-corrected chi connectivity index (χ0v) is 12.7. The van der Waals surface area contributed by atoms with E-state index in [0.29, 0.717) is 0 Å². The minimum atomic E-state index is 0.160. The van der Waals surface area contributed by atoms with Gasteiger partial charge < -0.3 is 0 Å². The van der Waals surface area contributed by atoms with Crippen LogP contribution < -0.4 is 0 Å². The molecule has 0 spiro atoms. The van der Waals surface area contributed by atoms with Gasteiger partial charge in [-0.1, -0.05) is 78.9 Å². The lowest BCUT2D eigenvalue weighted by atomic mass is 10.0. The van der Waals surface area contributed by atoms with Crippen LogP contribution in [0.3, 0.4) is 0 Å². The molecule has 110 valence electrons. The highest BCUT2D eigenvalue weighted by Crippen LogP contribution is 2.28. The van der Waals surface area contributed by atoms with Crippen LogP contribution in [0.15, 0.2) is 84.4 Å². The Morgan fingerprint density at radius 2 is 1.35 bits per heavy atom. The maximum Gasteiger partial charge on any atom is 0.189 e. The van der Waals surface area contributed by atoms with Crippen LogP contribution in [0.2, 0.25) is 0 Å². The topological polar surface area (TPSA) is 17.1 Å². The summed E-state index contributed by atoms with van der Waals surface area (Å²) in [5.41, 5.74) is 6.31. The molecule has 1 aliphatic rings. The minimum absolute atomic E-state index is 0.160. The maximum absolute atomic E-state index is 12.4. The van der Waals surface area contributed by atoms with Gasteiger partial charge >= 0.3 is 0 Å². The van der Waals surface area contributed by atoms with Crippen molar-refractivity contribution in [3.8, 4) is 11.1 Å². The highest BCUT2D eigenvalue weighted by atomic mass is 16.1. The predicted molar refractivity (Wildman–Crippen MR) is 94.3 cm³/mol. The molecule has 3 aromatic rings. The SMILES string of the molecule is O=C1C(=Cc2ccc(-c3ccccc3)cc2)Cc2ccccc21. The van der Waals surface area contributed by atoms with Gasteiger partial charge in [0, 0.05) is 17.6 Å². The molecule has 0 amide bonds. The molecule has 1 aliphatic carbocycles. The zero-order valence-electron chi connectivity index (χ0n) is 12.7. The highest BCUT2D eigenvalue weighted by Gasteiger charge is 2.23. The molecular formula is C22H16O. The first kappa shape index (κ1) is 13.7. The molecule has 4 rings (SSSR count). The fourth-order valence-corrected chi connectivity index (χ4v) is 3.07. The zero-order chi connectivity index (χ0) is 15.6. The maximum atomic E-state index is 12.4. The molecule has 1 nitrogen and oxygen atoms in total. The second-order valence-corrected chi connectivity index (χ2v) is 5.82. The van der Waals surface area contributed by atoms with Crippen molar-refractivity contribution in [3.63, 3.8) is 0 Å². The summed E-state index contributed by atoms with van der Waals surface area (Å²) in [5, 5.41) is 0. The lowest BCUT2D eigenvalue weighted by molar-refractivity contribution is 0.104. The number of ketones is 1. The third kappa shape index (κ3) is 2.62. The van der Waals surface area contributed by atoms with Gasteiger partial charge in [0.05, 0.1) is 0 Å². The number of carbonyl (C=O) groups is 1. The van der Waals surface area contributed by atoms with Crippen molar-refractivity contribution < 1.29 is 4.79 Å². The summed E-state index contributed by atoms with van der Waals surface area (Å²) < 4.78 is 0. The summed E-state index contributed by atoms with van der Waals surface area (Å²) in [6, 6.07) is 26.5.